The zero-order chi connectivity index (χ0) is 13.9. The van der Waals surface area contributed by atoms with Crippen LogP contribution in [0.4, 0.5) is 0 Å². The van der Waals surface area contributed by atoms with Crippen LogP contribution >= 0.6 is 0 Å². The molecule has 0 spiro atoms. The number of amides is 1. The Balaban J connectivity index is 2.69. The van der Waals surface area contributed by atoms with Crippen molar-refractivity contribution in [3.8, 4) is 0 Å². The summed E-state index contributed by atoms with van der Waals surface area (Å²) in [4.78, 5) is 24.9. The predicted octanol–water partition coefficient (Wildman–Crippen LogP) is 0.964. The first-order chi connectivity index (χ1) is 8.37. The fourth-order valence-electron chi connectivity index (χ4n) is 2.56. The highest BCUT2D eigenvalue weighted by atomic mass is 16.4. The molecule has 104 valence electrons. The van der Waals surface area contributed by atoms with Crippen LogP contribution in [0.1, 0.15) is 33.6 Å². The van der Waals surface area contributed by atoms with Crippen LogP contribution in [0.3, 0.4) is 0 Å². The van der Waals surface area contributed by atoms with Crippen molar-refractivity contribution in [3.63, 3.8) is 0 Å². The molecule has 2 atom stereocenters. The van der Waals surface area contributed by atoms with Gasteiger partial charge in [-0.1, -0.05) is 27.2 Å². The van der Waals surface area contributed by atoms with Crippen LogP contribution in [0, 0.1) is 17.3 Å². The van der Waals surface area contributed by atoms with Crippen LogP contribution in [0.5, 0.6) is 0 Å². The van der Waals surface area contributed by atoms with E-state index >= 15 is 0 Å². The first kappa shape index (κ1) is 15.0. The van der Waals surface area contributed by atoms with Gasteiger partial charge in [-0.2, -0.15) is 0 Å². The molecule has 2 unspecified atom stereocenters. The molecule has 5 heteroatoms. The summed E-state index contributed by atoms with van der Waals surface area (Å²) in [5.74, 6) is -2.07. The molecule has 1 aliphatic carbocycles. The van der Waals surface area contributed by atoms with Gasteiger partial charge in [0.25, 0.3) is 0 Å². The molecule has 1 amide bonds. The maximum absolute atomic E-state index is 12.3. The minimum Gasteiger partial charge on any atom is -0.481 e. The summed E-state index contributed by atoms with van der Waals surface area (Å²) in [5, 5.41) is 18.1. The van der Waals surface area contributed by atoms with Gasteiger partial charge in [0, 0.05) is 13.1 Å². The summed E-state index contributed by atoms with van der Waals surface area (Å²) < 4.78 is 0. The van der Waals surface area contributed by atoms with Gasteiger partial charge in [-0.15, -0.1) is 0 Å². The van der Waals surface area contributed by atoms with Gasteiger partial charge in [-0.25, -0.2) is 0 Å². The monoisotopic (exact) mass is 257 g/mol. The highest BCUT2D eigenvalue weighted by Gasteiger charge is 2.66. The van der Waals surface area contributed by atoms with Crippen LogP contribution in [0.2, 0.25) is 0 Å². The second kappa shape index (κ2) is 5.69. The summed E-state index contributed by atoms with van der Waals surface area (Å²) in [6.45, 7) is 6.45. The van der Waals surface area contributed by atoms with E-state index in [2.05, 4.69) is 0 Å². The normalized spacial score (nSPS) is 24.7. The molecule has 1 fully saturated rings. The molecule has 0 aromatic heterocycles. The summed E-state index contributed by atoms with van der Waals surface area (Å²) >= 11 is 0. The predicted molar refractivity (Wildman–Crippen MR) is 67.0 cm³/mol. The van der Waals surface area contributed by atoms with Gasteiger partial charge >= 0.3 is 5.97 Å². The Morgan fingerprint density at radius 1 is 1.22 bits per heavy atom. The van der Waals surface area contributed by atoms with Crippen molar-refractivity contribution in [2.24, 2.45) is 17.3 Å². The van der Waals surface area contributed by atoms with Crippen LogP contribution in [0.15, 0.2) is 0 Å². The van der Waals surface area contributed by atoms with E-state index in [0.29, 0.717) is 6.54 Å². The molecule has 5 nitrogen and oxygen atoms in total. The van der Waals surface area contributed by atoms with Crippen molar-refractivity contribution in [1.82, 2.24) is 4.90 Å². The number of nitrogens with zero attached hydrogens (tertiary/aromatic N) is 1. The third-order valence-corrected chi connectivity index (χ3v) is 3.82. The molecule has 0 heterocycles. The molecule has 1 saturated carbocycles. The second-order valence-electron chi connectivity index (χ2n) is 5.52. The minimum atomic E-state index is -0.905. The van der Waals surface area contributed by atoms with Crippen molar-refractivity contribution in [1.29, 1.82) is 0 Å². The third kappa shape index (κ3) is 2.83. The number of aliphatic hydroxyl groups is 1. The van der Waals surface area contributed by atoms with E-state index in [1.54, 1.807) is 4.90 Å². The first-order valence-corrected chi connectivity index (χ1v) is 6.50. The second-order valence-corrected chi connectivity index (χ2v) is 5.52. The van der Waals surface area contributed by atoms with Crippen molar-refractivity contribution < 1.29 is 19.8 Å². The molecule has 0 aliphatic heterocycles. The Kier molecular flexibility index (Phi) is 4.73. The maximum atomic E-state index is 12.3. The van der Waals surface area contributed by atoms with Crippen molar-refractivity contribution in [2.75, 3.05) is 19.7 Å². The van der Waals surface area contributed by atoms with Crippen LogP contribution in [0.25, 0.3) is 0 Å². The lowest BCUT2D eigenvalue weighted by Gasteiger charge is -2.22. The summed E-state index contributed by atoms with van der Waals surface area (Å²) in [7, 11) is 0. The molecule has 2 N–H and O–H groups in total. The molecule has 1 rings (SSSR count). The lowest BCUT2D eigenvalue weighted by molar-refractivity contribution is -0.142. The number of aliphatic hydroxyl groups excluding tert-OH is 1. The molecule has 0 bridgehead atoms. The van der Waals surface area contributed by atoms with E-state index < -0.39 is 23.2 Å². The quantitative estimate of drug-likeness (QED) is 0.712. The number of hydrogen-bond donors (Lipinski definition) is 2. The summed E-state index contributed by atoms with van der Waals surface area (Å²) in [5.41, 5.74) is -0.469. The standard InChI is InChI=1S/C13H23NO4/c1-4-5-6-14(7-8-15)11(16)9-10(12(17)18)13(9,2)3/h9-10,15H,4-8H2,1-3H3,(H,17,18). The smallest absolute Gasteiger partial charge is 0.307 e. The van der Waals surface area contributed by atoms with E-state index in [9.17, 15) is 9.59 Å². The number of carbonyl (C=O) groups is 2. The SMILES string of the molecule is CCCCN(CCO)C(=O)C1C(C(=O)O)C1(C)C. The molecular formula is C13H23NO4. The zero-order valence-electron chi connectivity index (χ0n) is 11.3. The molecule has 0 aromatic rings. The van der Waals surface area contributed by atoms with Crippen molar-refractivity contribution in [2.45, 2.75) is 33.6 Å². The van der Waals surface area contributed by atoms with Crippen molar-refractivity contribution in [3.05, 3.63) is 0 Å². The maximum Gasteiger partial charge on any atom is 0.307 e. The minimum absolute atomic E-state index is 0.0830. The number of unbranched alkanes of at least 4 members (excludes halogenated alkanes) is 1. The van der Waals surface area contributed by atoms with Gasteiger partial charge in [-0.3, -0.25) is 9.59 Å². The Bertz CT molecular complexity index is 327. The van der Waals surface area contributed by atoms with E-state index in [-0.39, 0.29) is 19.1 Å². The number of rotatable bonds is 7. The van der Waals surface area contributed by atoms with Gasteiger partial charge in [0.1, 0.15) is 0 Å². The van der Waals surface area contributed by atoms with Gasteiger partial charge in [0.2, 0.25) is 5.91 Å². The average molecular weight is 257 g/mol. The number of aliphatic carboxylic acids is 1. The topological polar surface area (TPSA) is 77.8 Å². The number of carboxylic acid groups (broad SMARTS) is 1. The largest absolute Gasteiger partial charge is 0.481 e. The van der Waals surface area contributed by atoms with E-state index in [1.807, 2.05) is 20.8 Å². The van der Waals surface area contributed by atoms with E-state index in [0.717, 1.165) is 12.8 Å². The molecule has 0 aromatic carbocycles. The van der Waals surface area contributed by atoms with E-state index in [4.69, 9.17) is 10.2 Å². The molecule has 1 aliphatic rings. The third-order valence-electron chi connectivity index (χ3n) is 3.82. The van der Waals surface area contributed by atoms with E-state index in [1.165, 1.54) is 0 Å². The Morgan fingerprint density at radius 3 is 2.22 bits per heavy atom. The lowest BCUT2D eigenvalue weighted by atomic mass is 10.1. The van der Waals surface area contributed by atoms with Gasteiger partial charge in [0.15, 0.2) is 0 Å². The fourth-order valence-corrected chi connectivity index (χ4v) is 2.56. The highest BCUT2D eigenvalue weighted by Crippen LogP contribution is 2.59. The Hall–Kier alpha value is -1.10. The lowest BCUT2D eigenvalue weighted by Crippen LogP contribution is -2.36. The molecule has 0 radical (unpaired) electrons. The molecule has 18 heavy (non-hydrogen) atoms. The zero-order valence-corrected chi connectivity index (χ0v) is 11.3. The molecular weight excluding hydrogens is 234 g/mol. The highest BCUT2D eigenvalue weighted by molar-refractivity contribution is 5.91. The number of hydrogen-bond acceptors (Lipinski definition) is 3. The summed E-state index contributed by atoms with van der Waals surface area (Å²) in [6.07, 6.45) is 1.84. The average Bonchev–Trinajstić information content (AvgIpc) is 2.87. The van der Waals surface area contributed by atoms with Crippen LogP contribution in [-0.4, -0.2) is 46.7 Å². The number of carbonyl (C=O) groups excluding carboxylic acids is 1. The van der Waals surface area contributed by atoms with Gasteiger partial charge in [-0.05, 0) is 11.8 Å². The number of carboxylic acids is 1. The Labute approximate surface area is 108 Å². The van der Waals surface area contributed by atoms with Gasteiger partial charge < -0.3 is 15.1 Å². The van der Waals surface area contributed by atoms with Crippen molar-refractivity contribution >= 4 is 11.9 Å². The van der Waals surface area contributed by atoms with Gasteiger partial charge in [0.05, 0.1) is 18.4 Å². The fraction of sp³-hybridized carbons (Fsp3) is 0.846. The summed E-state index contributed by atoms with van der Waals surface area (Å²) in [6, 6.07) is 0. The van der Waals surface area contributed by atoms with Crippen LogP contribution < -0.4 is 0 Å². The Morgan fingerprint density at radius 2 is 1.83 bits per heavy atom. The first-order valence-electron chi connectivity index (χ1n) is 6.50. The molecule has 0 saturated heterocycles. The van der Waals surface area contributed by atoms with Crippen LogP contribution in [-0.2, 0) is 9.59 Å².